The molecule has 0 saturated carbocycles. The zero-order valence-electron chi connectivity index (χ0n) is 15.6. The zero-order valence-corrected chi connectivity index (χ0v) is 15.6. The van der Waals surface area contributed by atoms with Crippen molar-refractivity contribution in [3.63, 3.8) is 0 Å². The van der Waals surface area contributed by atoms with Crippen molar-refractivity contribution in [1.29, 1.82) is 0 Å². The molecule has 0 saturated heterocycles. The predicted molar refractivity (Wildman–Crippen MR) is 112 cm³/mol. The highest BCUT2D eigenvalue weighted by atomic mass is 16.5. The summed E-state index contributed by atoms with van der Waals surface area (Å²) >= 11 is 0. The zero-order chi connectivity index (χ0) is 20.2. The molecule has 0 bridgehead atoms. The van der Waals surface area contributed by atoms with Crippen LogP contribution in [0.3, 0.4) is 0 Å². The first kappa shape index (κ1) is 18.7. The Bertz CT molecular complexity index is 1190. The molecular formula is C23H20N2O4. The predicted octanol–water partition coefficient (Wildman–Crippen LogP) is 3.89. The molecule has 1 heterocycles. The standard InChI is InChI=1S/C23H20N2O4/c26-13-16(12-15-8-10-17(11-9-15)23(27)25-28)14-29-21-7-3-5-19-18-4-1-2-6-20(18)24-22(19)21/h1-12,24,26,28H,13-14H2,(H,25,27)/b16-12+. The number of benzene rings is 3. The van der Waals surface area contributed by atoms with E-state index < -0.39 is 5.91 Å². The topological polar surface area (TPSA) is 94.6 Å². The van der Waals surface area contributed by atoms with Gasteiger partial charge in [-0.1, -0.05) is 48.5 Å². The molecule has 1 aromatic heterocycles. The largest absolute Gasteiger partial charge is 0.487 e. The number of fused-ring (bicyclic) bond motifs is 3. The van der Waals surface area contributed by atoms with Crippen molar-refractivity contribution in [2.45, 2.75) is 0 Å². The van der Waals surface area contributed by atoms with Gasteiger partial charge >= 0.3 is 0 Å². The molecule has 0 spiro atoms. The number of H-pyrrole nitrogens is 1. The smallest absolute Gasteiger partial charge is 0.274 e. The quantitative estimate of drug-likeness (QED) is 0.298. The number of rotatable bonds is 6. The molecule has 4 N–H and O–H groups in total. The normalized spacial score (nSPS) is 11.7. The van der Waals surface area contributed by atoms with Crippen molar-refractivity contribution in [1.82, 2.24) is 10.5 Å². The molecular weight excluding hydrogens is 368 g/mol. The SMILES string of the molecule is O=C(NO)c1ccc(/C=C(\CO)COc2cccc3c2[nH]c2ccccc23)cc1. The fourth-order valence-corrected chi connectivity index (χ4v) is 3.30. The van der Waals surface area contributed by atoms with E-state index in [4.69, 9.17) is 9.94 Å². The monoisotopic (exact) mass is 388 g/mol. The van der Waals surface area contributed by atoms with Gasteiger partial charge in [0.2, 0.25) is 0 Å². The van der Waals surface area contributed by atoms with E-state index >= 15 is 0 Å². The number of aliphatic hydroxyl groups is 1. The Hall–Kier alpha value is -3.61. The number of carbonyl (C=O) groups is 1. The summed E-state index contributed by atoms with van der Waals surface area (Å²) in [7, 11) is 0. The van der Waals surface area contributed by atoms with E-state index in [0.29, 0.717) is 16.9 Å². The van der Waals surface area contributed by atoms with Gasteiger partial charge in [-0.15, -0.1) is 0 Å². The van der Waals surface area contributed by atoms with Gasteiger partial charge in [0.25, 0.3) is 5.91 Å². The van der Waals surface area contributed by atoms with Crippen LogP contribution in [0.1, 0.15) is 15.9 Å². The molecule has 4 aromatic rings. The van der Waals surface area contributed by atoms with Crippen LogP contribution in [0.25, 0.3) is 27.9 Å². The number of para-hydroxylation sites is 2. The van der Waals surface area contributed by atoms with E-state index in [-0.39, 0.29) is 13.2 Å². The maximum absolute atomic E-state index is 11.4. The van der Waals surface area contributed by atoms with Crippen LogP contribution in [0, 0.1) is 0 Å². The molecule has 0 radical (unpaired) electrons. The number of hydrogen-bond donors (Lipinski definition) is 4. The lowest BCUT2D eigenvalue weighted by molar-refractivity contribution is 0.0706. The van der Waals surface area contributed by atoms with Crippen LogP contribution in [0.15, 0.2) is 72.3 Å². The van der Waals surface area contributed by atoms with Gasteiger partial charge in [-0.05, 0) is 35.4 Å². The van der Waals surface area contributed by atoms with Gasteiger partial charge in [-0.3, -0.25) is 10.0 Å². The number of aromatic amines is 1. The summed E-state index contributed by atoms with van der Waals surface area (Å²) in [5.74, 6) is 0.144. The van der Waals surface area contributed by atoms with Crippen molar-refractivity contribution in [3.8, 4) is 5.75 Å². The van der Waals surface area contributed by atoms with Crippen LogP contribution in [0.5, 0.6) is 5.75 Å². The summed E-state index contributed by atoms with van der Waals surface area (Å²) in [6.07, 6.45) is 1.81. The Morgan fingerprint density at radius 3 is 2.52 bits per heavy atom. The fraction of sp³-hybridized carbons (Fsp3) is 0.0870. The van der Waals surface area contributed by atoms with Crippen LogP contribution in [0.4, 0.5) is 0 Å². The van der Waals surface area contributed by atoms with Crippen molar-refractivity contribution < 1.29 is 19.8 Å². The third-order valence-electron chi connectivity index (χ3n) is 4.76. The second kappa shape index (κ2) is 8.18. The van der Waals surface area contributed by atoms with Crippen LogP contribution in [-0.4, -0.2) is 34.4 Å². The van der Waals surface area contributed by atoms with E-state index in [1.165, 1.54) is 0 Å². The minimum Gasteiger partial charge on any atom is -0.487 e. The number of amides is 1. The van der Waals surface area contributed by atoms with E-state index in [2.05, 4.69) is 11.1 Å². The molecule has 6 heteroatoms. The highest BCUT2D eigenvalue weighted by Gasteiger charge is 2.09. The molecule has 0 atom stereocenters. The first-order valence-electron chi connectivity index (χ1n) is 9.16. The third-order valence-corrected chi connectivity index (χ3v) is 4.76. The van der Waals surface area contributed by atoms with Crippen LogP contribution < -0.4 is 10.2 Å². The number of hydrogen-bond acceptors (Lipinski definition) is 4. The summed E-state index contributed by atoms with van der Waals surface area (Å²) in [5, 5.41) is 20.6. The van der Waals surface area contributed by atoms with E-state index in [0.717, 1.165) is 27.4 Å². The minimum atomic E-state index is -0.572. The molecule has 1 amide bonds. The molecule has 0 aliphatic rings. The Kier molecular flexibility index (Phi) is 5.29. The third kappa shape index (κ3) is 3.85. The van der Waals surface area contributed by atoms with Crippen LogP contribution >= 0.6 is 0 Å². The number of aromatic nitrogens is 1. The maximum Gasteiger partial charge on any atom is 0.274 e. The van der Waals surface area contributed by atoms with Gasteiger partial charge in [-0.25, -0.2) is 5.48 Å². The van der Waals surface area contributed by atoms with Crippen molar-refractivity contribution in [2.24, 2.45) is 0 Å². The minimum absolute atomic E-state index is 0.151. The molecule has 0 fully saturated rings. The van der Waals surface area contributed by atoms with Crippen molar-refractivity contribution >= 4 is 33.8 Å². The Morgan fingerprint density at radius 2 is 1.76 bits per heavy atom. The second-order valence-electron chi connectivity index (χ2n) is 6.66. The lowest BCUT2D eigenvalue weighted by atomic mass is 10.1. The maximum atomic E-state index is 11.4. The molecule has 146 valence electrons. The number of ether oxygens (including phenoxy) is 1. The first-order valence-corrected chi connectivity index (χ1v) is 9.16. The summed E-state index contributed by atoms with van der Waals surface area (Å²) in [6, 6.07) is 20.6. The summed E-state index contributed by atoms with van der Waals surface area (Å²) < 4.78 is 6.00. The Morgan fingerprint density at radius 1 is 1.00 bits per heavy atom. The highest BCUT2D eigenvalue weighted by molar-refractivity contribution is 6.09. The first-order chi connectivity index (χ1) is 14.2. The van der Waals surface area contributed by atoms with Gasteiger partial charge in [-0.2, -0.15) is 0 Å². The molecule has 3 aromatic carbocycles. The number of hydroxylamine groups is 1. The number of carbonyl (C=O) groups excluding carboxylic acids is 1. The van der Waals surface area contributed by atoms with E-state index in [1.54, 1.807) is 29.7 Å². The molecule has 0 aliphatic carbocycles. The van der Waals surface area contributed by atoms with Gasteiger partial charge < -0.3 is 14.8 Å². The number of aliphatic hydroxyl groups excluding tert-OH is 1. The Labute approximate surface area is 167 Å². The van der Waals surface area contributed by atoms with Crippen LogP contribution in [-0.2, 0) is 0 Å². The van der Waals surface area contributed by atoms with Gasteiger partial charge in [0.15, 0.2) is 0 Å². The molecule has 29 heavy (non-hydrogen) atoms. The lowest BCUT2D eigenvalue weighted by Gasteiger charge is -2.09. The van der Waals surface area contributed by atoms with E-state index in [1.807, 2.05) is 42.5 Å². The average Bonchev–Trinajstić information content (AvgIpc) is 3.16. The average molecular weight is 388 g/mol. The van der Waals surface area contributed by atoms with Crippen molar-refractivity contribution in [2.75, 3.05) is 13.2 Å². The summed E-state index contributed by atoms with van der Waals surface area (Å²) in [4.78, 5) is 14.8. The van der Waals surface area contributed by atoms with Gasteiger partial charge in [0, 0.05) is 21.9 Å². The van der Waals surface area contributed by atoms with Crippen molar-refractivity contribution in [3.05, 3.63) is 83.4 Å². The van der Waals surface area contributed by atoms with E-state index in [9.17, 15) is 9.90 Å². The van der Waals surface area contributed by atoms with Crippen LogP contribution in [0.2, 0.25) is 0 Å². The second-order valence-corrected chi connectivity index (χ2v) is 6.66. The van der Waals surface area contributed by atoms with Gasteiger partial charge in [0.1, 0.15) is 12.4 Å². The Balaban J connectivity index is 1.55. The highest BCUT2D eigenvalue weighted by Crippen LogP contribution is 2.31. The fourth-order valence-electron chi connectivity index (χ4n) is 3.30. The molecule has 4 rings (SSSR count). The number of nitrogens with one attached hydrogen (secondary N) is 2. The summed E-state index contributed by atoms with van der Waals surface area (Å²) in [6.45, 7) is 0.0748. The molecule has 0 aliphatic heterocycles. The molecule has 0 unspecified atom stereocenters. The van der Waals surface area contributed by atoms with Gasteiger partial charge in [0.05, 0.1) is 12.1 Å². The summed E-state index contributed by atoms with van der Waals surface area (Å²) in [5.41, 5.74) is 5.42. The lowest BCUT2D eigenvalue weighted by Crippen LogP contribution is -2.18. The molecule has 6 nitrogen and oxygen atoms in total.